The molecule has 1 aromatic carbocycles. The number of hydrogen-bond donors (Lipinski definition) is 1. The van der Waals surface area contributed by atoms with E-state index < -0.39 is 5.82 Å². The summed E-state index contributed by atoms with van der Waals surface area (Å²) < 4.78 is 20.9. The average molecular weight is 284 g/mol. The average Bonchev–Trinajstić information content (AvgIpc) is 2.60. The topological polar surface area (TPSA) is 53.1 Å². The number of halogens is 2. The van der Waals surface area contributed by atoms with Crippen LogP contribution in [-0.2, 0) is 4.74 Å². The van der Waals surface area contributed by atoms with Crippen LogP contribution in [0.4, 0.5) is 10.3 Å². The lowest BCUT2D eigenvalue weighted by Crippen LogP contribution is -2.33. The molecule has 0 aliphatic heterocycles. The molecule has 0 radical (unpaired) electrons. The quantitative estimate of drug-likeness (QED) is 0.941. The predicted octanol–water partition coefficient (Wildman–Crippen LogP) is 3.15. The first kappa shape index (κ1) is 12.7. The summed E-state index contributed by atoms with van der Waals surface area (Å²) >= 11 is 5.83. The summed E-state index contributed by atoms with van der Waals surface area (Å²) in [5, 5.41) is 0.0920. The van der Waals surface area contributed by atoms with Gasteiger partial charge in [0.2, 0.25) is 5.95 Å². The lowest BCUT2D eigenvalue weighted by Gasteiger charge is -2.36. The van der Waals surface area contributed by atoms with Gasteiger partial charge in [0.15, 0.2) is 0 Å². The van der Waals surface area contributed by atoms with Gasteiger partial charge in [-0.25, -0.2) is 9.37 Å². The van der Waals surface area contributed by atoms with Crippen LogP contribution in [0.15, 0.2) is 12.1 Å². The summed E-state index contributed by atoms with van der Waals surface area (Å²) in [5.74, 6) is -0.0729. The molecule has 0 spiro atoms. The highest BCUT2D eigenvalue weighted by Crippen LogP contribution is 2.39. The minimum atomic E-state index is -0.473. The molecule has 1 fully saturated rings. The number of nitrogens with two attached hydrogens (primary N) is 1. The molecule has 6 heteroatoms. The number of imidazole rings is 1. The zero-order valence-electron chi connectivity index (χ0n) is 10.6. The van der Waals surface area contributed by atoms with Gasteiger partial charge >= 0.3 is 0 Å². The van der Waals surface area contributed by atoms with Crippen molar-refractivity contribution < 1.29 is 9.13 Å². The summed E-state index contributed by atoms with van der Waals surface area (Å²) in [6, 6.07) is 3.16. The van der Waals surface area contributed by atoms with Crippen molar-refractivity contribution in [3.63, 3.8) is 0 Å². The Balaban J connectivity index is 1.96. The van der Waals surface area contributed by atoms with Gasteiger partial charge in [0.25, 0.3) is 0 Å². The van der Waals surface area contributed by atoms with Crippen molar-refractivity contribution in [2.45, 2.75) is 31.9 Å². The van der Waals surface area contributed by atoms with Gasteiger partial charge in [-0.1, -0.05) is 11.6 Å². The van der Waals surface area contributed by atoms with E-state index in [1.54, 1.807) is 6.07 Å². The Morgan fingerprint density at radius 3 is 2.95 bits per heavy atom. The molecule has 0 amide bonds. The first-order valence-electron chi connectivity index (χ1n) is 6.34. The van der Waals surface area contributed by atoms with Crippen LogP contribution in [0.3, 0.4) is 0 Å². The maximum absolute atomic E-state index is 13.4. The molecule has 1 saturated carbocycles. The van der Waals surface area contributed by atoms with Crippen LogP contribution in [0.1, 0.15) is 25.8 Å². The van der Waals surface area contributed by atoms with Crippen molar-refractivity contribution in [3.05, 3.63) is 23.0 Å². The Morgan fingerprint density at radius 1 is 1.53 bits per heavy atom. The van der Waals surface area contributed by atoms with Crippen molar-refractivity contribution in [1.29, 1.82) is 0 Å². The van der Waals surface area contributed by atoms with Crippen LogP contribution < -0.4 is 5.73 Å². The first-order valence-corrected chi connectivity index (χ1v) is 6.72. The lowest BCUT2D eigenvalue weighted by atomic mass is 9.89. The summed E-state index contributed by atoms with van der Waals surface area (Å²) in [6.45, 7) is 2.70. The van der Waals surface area contributed by atoms with E-state index in [4.69, 9.17) is 22.1 Å². The molecule has 3 rings (SSSR count). The number of fused-ring (bicyclic) bond motifs is 1. The number of hydrogen-bond acceptors (Lipinski definition) is 3. The SMILES string of the molecule is CCOC1CC(n2c(N)nc3cc(F)c(Cl)cc32)C1. The fraction of sp³-hybridized carbons (Fsp3) is 0.462. The molecule has 1 aromatic heterocycles. The maximum Gasteiger partial charge on any atom is 0.201 e. The van der Waals surface area contributed by atoms with Crippen LogP contribution in [-0.4, -0.2) is 22.3 Å². The Morgan fingerprint density at radius 2 is 2.26 bits per heavy atom. The third kappa shape index (κ3) is 2.07. The molecule has 4 nitrogen and oxygen atoms in total. The highest BCUT2D eigenvalue weighted by Gasteiger charge is 2.33. The minimum absolute atomic E-state index is 0.0920. The zero-order valence-corrected chi connectivity index (χ0v) is 11.3. The third-order valence-electron chi connectivity index (χ3n) is 3.60. The standard InChI is InChI=1S/C13H15ClFN3O/c1-2-19-8-3-7(4-8)18-12-5-9(14)10(15)6-11(12)17-13(18)16/h5-8H,2-4H2,1H3,(H2,16,17). The Bertz CT molecular complexity index is 622. The highest BCUT2D eigenvalue weighted by molar-refractivity contribution is 6.31. The predicted molar refractivity (Wildman–Crippen MR) is 72.8 cm³/mol. The molecule has 0 atom stereocenters. The second kappa shape index (κ2) is 4.65. The molecule has 2 N–H and O–H groups in total. The van der Waals surface area contributed by atoms with Crippen molar-refractivity contribution in [2.24, 2.45) is 0 Å². The van der Waals surface area contributed by atoms with Crippen molar-refractivity contribution >= 4 is 28.6 Å². The van der Waals surface area contributed by atoms with E-state index in [0.717, 1.165) is 18.4 Å². The maximum atomic E-state index is 13.4. The van der Waals surface area contributed by atoms with Gasteiger partial charge in [0.1, 0.15) is 5.82 Å². The second-order valence-corrected chi connectivity index (χ2v) is 5.20. The molecule has 2 aromatic rings. The summed E-state index contributed by atoms with van der Waals surface area (Å²) in [7, 11) is 0. The van der Waals surface area contributed by atoms with Crippen LogP contribution in [0.25, 0.3) is 11.0 Å². The van der Waals surface area contributed by atoms with E-state index >= 15 is 0 Å². The minimum Gasteiger partial charge on any atom is -0.378 e. The van der Waals surface area contributed by atoms with Crippen LogP contribution in [0.5, 0.6) is 0 Å². The molecule has 0 saturated heterocycles. The molecule has 1 aliphatic carbocycles. The molecular formula is C13H15ClFN3O. The van der Waals surface area contributed by atoms with E-state index in [9.17, 15) is 4.39 Å². The summed E-state index contributed by atoms with van der Waals surface area (Å²) in [4.78, 5) is 4.19. The van der Waals surface area contributed by atoms with Gasteiger partial charge in [-0.3, -0.25) is 0 Å². The second-order valence-electron chi connectivity index (χ2n) is 4.80. The van der Waals surface area contributed by atoms with Gasteiger partial charge < -0.3 is 15.0 Å². The largest absolute Gasteiger partial charge is 0.378 e. The smallest absolute Gasteiger partial charge is 0.201 e. The van der Waals surface area contributed by atoms with Crippen LogP contribution in [0.2, 0.25) is 5.02 Å². The monoisotopic (exact) mass is 283 g/mol. The Kier molecular flexibility index (Phi) is 3.11. The molecule has 0 unspecified atom stereocenters. The highest BCUT2D eigenvalue weighted by atomic mass is 35.5. The van der Waals surface area contributed by atoms with E-state index in [1.807, 2.05) is 11.5 Å². The number of nitrogens with zero attached hydrogens (tertiary/aromatic N) is 2. The Labute approximate surface area is 115 Å². The molecule has 0 bridgehead atoms. The zero-order chi connectivity index (χ0) is 13.6. The van der Waals surface area contributed by atoms with Crippen LogP contribution in [0, 0.1) is 5.82 Å². The van der Waals surface area contributed by atoms with Gasteiger partial charge in [-0.15, -0.1) is 0 Å². The van der Waals surface area contributed by atoms with E-state index in [0.29, 0.717) is 18.1 Å². The number of ether oxygens (including phenoxy) is 1. The Hall–Kier alpha value is -1.33. The number of rotatable bonds is 3. The van der Waals surface area contributed by atoms with Crippen molar-refractivity contribution in [3.8, 4) is 0 Å². The molecule has 1 aliphatic rings. The third-order valence-corrected chi connectivity index (χ3v) is 3.89. The van der Waals surface area contributed by atoms with E-state index in [2.05, 4.69) is 4.98 Å². The molecule has 1 heterocycles. The van der Waals surface area contributed by atoms with Gasteiger partial charge in [-0.2, -0.15) is 0 Å². The van der Waals surface area contributed by atoms with Gasteiger partial charge in [-0.05, 0) is 25.8 Å². The number of nitrogen functional groups attached to an aromatic ring is 1. The molecular weight excluding hydrogens is 269 g/mol. The normalized spacial score (nSPS) is 22.7. The number of benzene rings is 1. The summed E-state index contributed by atoms with van der Waals surface area (Å²) in [5.41, 5.74) is 7.25. The van der Waals surface area contributed by atoms with Crippen molar-refractivity contribution in [2.75, 3.05) is 12.3 Å². The number of anilines is 1. The van der Waals surface area contributed by atoms with Crippen LogP contribution >= 0.6 is 11.6 Å². The van der Waals surface area contributed by atoms with Gasteiger partial charge in [0, 0.05) is 18.7 Å². The van der Waals surface area contributed by atoms with Crippen molar-refractivity contribution in [1.82, 2.24) is 9.55 Å². The fourth-order valence-corrected chi connectivity index (χ4v) is 2.77. The summed E-state index contributed by atoms with van der Waals surface area (Å²) in [6.07, 6.45) is 2.08. The lowest BCUT2D eigenvalue weighted by molar-refractivity contribution is -0.0181. The fourth-order valence-electron chi connectivity index (χ4n) is 2.61. The molecule has 19 heavy (non-hydrogen) atoms. The molecule has 102 valence electrons. The van der Waals surface area contributed by atoms with E-state index in [-0.39, 0.29) is 17.2 Å². The number of aromatic nitrogens is 2. The van der Waals surface area contributed by atoms with E-state index in [1.165, 1.54) is 6.07 Å². The first-order chi connectivity index (χ1) is 9.10. The van der Waals surface area contributed by atoms with Gasteiger partial charge in [0.05, 0.1) is 22.2 Å².